The molecule has 0 saturated heterocycles. The predicted molar refractivity (Wildman–Crippen MR) is 62.1 cm³/mol. The molecule has 16 heavy (non-hydrogen) atoms. The van der Waals surface area contributed by atoms with E-state index in [4.69, 9.17) is 5.73 Å². The fourth-order valence-corrected chi connectivity index (χ4v) is 1.89. The second kappa shape index (κ2) is 4.31. The summed E-state index contributed by atoms with van der Waals surface area (Å²) in [4.78, 5) is 15.7. The zero-order valence-electron chi connectivity index (χ0n) is 8.67. The molecule has 0 saturated carbocycles. The largest absolute Gasteiger partial charge is 0.382 e. The maximum absolute atomic E-state index is 11.6. The summed E-state index contributed by atoms with van der Waals surface area (Å²) < 4.78 is 1.48. The Bertz CT molecular complexity index is 459. The van der Waals surface area contributed by atoms with Gasteiger partial charge in [0.15, 0.2) is 5.13 Å². The smallest absolute Gasteiger partial charge is 0.247 e. The lowest BCUT2D eigenvalue weighted by Gasteiger charge is -2.01. The van der Waals surface area contributed by atoms with Crippen molar-refractivity contribution in [3.63, 3.8) is 0 Å². The summed E-state index contributed by atoms with van der Waals surface area (Å²) in [5, 5.41) is 9.08. The van der Waals surface area contributed by atoms with Crippen LogP contribution in [0, 0.1) is 6.92 Å². The molecule has 0 atom stereocenters. The van der Waals surface area contributed by atoms with Gasteiger partial charge in [-0.1, -0.05) is 0 Å². The third kappa shape index (κ3) is 2.57. The van der Waals surface area contributed by atoms with Crippen molar-refractivity contribution >= 4 is 28.2 Å². The van der Waals surface area contributed by atoms with Gasteiger partial charge in [-0.05, 0) is 13.0 Å². The van der Waals surface area contributed by atoms with Crippen molar-refractivity contribution in [2.24, 2.45) is 0 Å². The second-order valence-electron chi connectivity index (χ2n) is 3.28. The Morgan fingerprint density at radius 1 is 1.69 bits per heavy atom. The average molecular weight is 237 g/mol. The Morgan fingerprint density at radius 3 is 3.06 bits per heavy atom. The van der Waals surface area contributed by atoms with E-state index in [0.717, 1.165) is 5.69 Å². The molecule has 2 aromatic rings. The van der Waals surface area contributed by atoms with E-state index in [2.05, 4.69) is 15.4 Å². The van der Waals surface area contributed by atoms with Gasteiger partial charge in [0.1, 0.15) is 12.4 Å². The summed E-state index contributed by atoms with van der Waals surface area (Å²) in [7, 11) is 0. The summed E-state index contributed by atoms with van der Waals surface area (Å²) in [6.45, 7) is 2.01. The highest BCUT2D eigenvalue weighted by molar-refractivity contribution is 7.13. The molecular formula is C9H11N5OS. The van der Waals surface area contributed by atoms with Gasteiger partial charge in [-0.2, -0.15) is 5.10 Å². The molecule has 0 aliphatic carbocycles. The van der Waals surface area contributed by atoms with Crippen LogP contribution in [0.25, 0.3) is 0 Å². The normalized spacial score (nSPS) is 10.3. The van der Waals surface area contributed by atoms with E-state index in [1.165, 1.54) is 16.0 Å². The summed E-state index contributed by atoms with van der Waals surface area (Å²) in [6, 6.07) is 1.64. The molecule has 0 aromatic carbocycles. The van der Waals surface area contributed by atoms with Crippen LogP contribution in [0.3, 0.4) is 0 Å². The van der Waals surface area contributed by atoms with Gasteiger partial charge in [0.2, 0.25) is 5.91 Å². The number of hydrogen-bond acceptors (Lipinski definition) is 5. The van der Waals surface area contributed by atoms with Gasteiger partial charge in [0.25, 0.3) is 0 Å². The number of nitrogens with zero attached hydrogens (tertiary/aromatic N) is 3. The zero-order chi connectivity index (χ0) is 11.5. The van der Waals surface area contributed by atoms with Crippen molar-refractivity contribution in [3.8, 4) is 0 Å². The van der Waals surface area contributed by atoms with Crippen molar-refractivity contribution in [3.05, 3.63) is 23.3 Å². The molecule has 1 amide bonds. The molecule has 84 valence electrons. The van der Waals surface area contributed by atoms with Crippen LogP contribution in [0.1, 0.15) is 5.69 Å². The van der Waals surface area contributed by atoms with Crippen LogP contribution in [0.5, 0.6) is 0 Å². The minimum atomic E-state index is -0.169. The Balaban J connectivity index is 1.94. The fraction of sp³-hybridized carbons (Fsp3) is 0.222. The van der Waals surface area contributed by atoms with Crippen LogP contribution < -0.4 is 11.1 Å². The summed E-state index contributed by atoms with van der Waals surface area (Å²) in [5.74, 6) is 0.232. The number of nitrogens with two attached hydrogens (primary N) is 1. The molecular weight excluding hydrogens is 226 g/mol. The van der Waals surface area contributed by atoms with Gasteiger partial charge in [-0.15, -0.1) is 11.3 Å². The highest BCUT2D eigenvalue weighted by atomic mass is 32.1. The van der Waals surface area contributed by atoms with Gasteiger partial charge >= 0.3 is 0 Å². The van der Waals surface area contributed by atoms with Crippen LogP contribution in [-0.4, -0.2) is 20.7 Å². The SMILES string of the molecule is Cc1csc(NC(=O)Cn2ccc(N)n2)n1. The minimum absolute atomic E-state index is 0.135. The van der Waals surface area contributed by atoms with E-state index in [1.807, 2.05) is 12.3 Å². The first kappa shape index (κ1) is 10.6. The Labute approximate surface area is 96.1 Å². The first-order chi connectivity index (χ1) is 7.63. The van der Waals surface area contributed by atoms with Gasteiger partial charge in [-0.3, -0.25) is 9.48 Å². The number of thiazole rings is 1. The van der Waals surface area contributed by atoms with E-state index in [-0.39, 0.29) is 12.5 Å². The molecule has 0 radical (unpaired) electrons. The molecule has 2 rings (SSSR count). The molecule has 2 heterocycles. The summed E-state index contributed by atoms with van der Waals surface area (Å²) in [5.41, 5.74) is 6.33. The average Bonchev–Trinajstić information content (AvgIpc) is 2.76. The number of aromatic nitrogens is 3. The lowest BCUT2D eigenvalue weighted by molar-refractivity contribution is -0.116. The second-order valence-corrected chi connectivity index (χ2v) is 4.14. The molecule has 3 N–H and O–H groups in total. The van der Waals surface area contributed by atoms with E-state index in [9.17, 15) is 4.79 Å². The summed E-state index contributed by atoms with van der Waals surface area (Å²) in [6.07, 6.45) is 1.65. The number of nitrogen functional groups attached to an aromatic ring is 1. The molecule has 0 bridgehead atoms. The van der Waals surface area contributed by atoms with Crippen LogP contribution in [-0.2, 0) is 11.3 Å². The Hall–Kier alpha value is -1.89. The van der Waals surface area contributed by atoms with E-state index >= 15 is 0 Å². The molecule has 0 unspecified atom stereocenters. The van der Waals surface area contributed by atoms with Crippen LogP contribution >= 0.6 is 11.3 Å². The number of hydrogen-bond donors (Lipinski definition) is 2. The van der Waals surface area contributed by atoms with E-state index < -0.39 is 0 Å². The standard InChI is InChI=1S/C9H11N5OS/c1-6-5-16-9(11-6)12-8(15)4-14-3-2-7(10)13-14/h2-3,5H,4H2,1H3,(H2,10,13)(H,11,12,15). The van der Waals surface area contributed by atoms with Crippen LogP contribution in [0.2, 0.25) is 0 Å². The van der Waals surface area contributed by atoms with Crippen molar-refractivity contribution in [1.82, 2.24) is 14.8 Å². The van der Waals surface area contributed by atoms with Crippen molar-refractivity contribution in [1.29, 1.82) is 0 Å². The minimum Gasteiger partial charge on any atom is -0.382 e. The highest BCUT2D eigenvalue weighted by Gasteiger charge is 2.06. The Kier molecular flexibility index (Phi) is 2.86. The topological polar surface area (TPSA) is 85.8 Å². The van der Waals surface area contributed by atoms with Gasteiger partial charge in [0, 0.05) is 11.6 Å². The first-order valence-corrected chi connectivity index (χ1v) is 5.52. The number of carbonyl (C=O) groups is 1. The molecule has 0 aliphatic heterocycles. The number of nitrogens with one attached hydrogen (secondary N) is 1. The molecule has 6 nitrogen and oxygen atoms in total. The number of anilines is 2. The number of carbonyl (C=O) groups excluding carboxylic acids is 1. The summed E-state index contributed by atoms with van der Waals surface area (Å²) >= 11 is 1.40. The number of rotatable bonds is 3. The number of aryl methyl sites for hydroxylation is 1. The lowest BCUT2D eigenvalue weighted by atomic mass is 10.6. The van der Waals surface area contributed by atoms with E-state index in [0.29, 0.717) is 10.9 Å². The van der Waals surface area contributed by atoms with E-state index in [1.54, 1.807) is 12.3 Å². The van der Waals surface area contributed by atoms with Gasteiger partial charge in [-0.25, -0.2) is 4.98 Å². The first-order valence-electron chi connectivity index (χ1n) is 4.64. The van der Waals surface area contributed by atoms with Crippen LogP contribution in [0.4, 0.5) is 10.9 Å². The lowest BCUT2D eigenvalue weighted by Crippen LogP contribution is -2.19. The van der Waals surface area contributed by atoms with Gasteiger partial charge < -0.3 is 11.1 Å². The molecule has 0 spiro atoms. The highest BCUT2D eigenvalue weighted by Crippen LogP contribution is 2.14. The van der Waals surface area contributed by atoms with Gasteiger partial charge in [0.05, 0.1) is 5.69 Å². The van der Waals surface area contributed by atoms with Crippen molar-refractivity contribution in [2.45, 2.75) is 13.5 Å². The predicted octanol–water partition coefficient (Wildman–Crippen LogP) is 0.869. The maximum atomic E-state index is 11.6. The Morgan fingerprint density at radius 2 is 2.50 bits per heavy atom. The molecule has 2 aromatic heterocycles. The molecule has 0 aliphatic rings. The fourth-order valence-electron chi connectivity index (χ4n) is 1.18. The zero-order valence-corrected chi connectivity index (χ0v) is 9.49. The monoisotopic (exact) mass is 237 g/mol. The quantitative estimate of drug-likeness (QED) is 0.829. The van der Waals surface area contributed by atoms with Crippen molar-refractivity contribution in [2.75, 3.05) is 11.1 Å². The van der Waals surface area contributed by atoms with Crippen molar-refractivity contribution < 1.29 is 4.79 Å². The third-order valence-electron chi connectivity index (χ3n) is 1.83. The van der Waals surface area contributed by atoms with Crippen LogP contribution in [0.15, 0.2) is 17.6 Å². The maximum Gasteiger partial charge on any atom is 0.247 e. The molecule has 0 fully saturated rings. The number of amides is 1. The molecule has 7 heteroatoms. The third-order valence-corrected chi connectivity index (χ3v) is 2.71.